The summed E-state index contributed by atoms with van der Waals surface area (Å²) in [6.45, 7) is 3.14. The Bertz CT molecular complexity index is 963. The average Bonchev–Trinajstić information content (AvgIpc) is 2.61. The minimum atomic E-state index is -3.99. The summed E-state index contributed by atoms with van der Waals surface area (Å²) in [6, 6.07) is 8.98. The molecule has 0 aliphatic carbocycles. The van der Waals surface area contributed by atoms with Gasteiger partial charge in [-0.1, -0.05) is 29.3 Å². The SMILES string of the molecule is Cc1ccc(NS(=O)(=O)c2cc(C(=O)NCCCN(C)C)ccc2Cl)cc1Cl. The van der Waals surface area contributed by atoms with Gasteiger partial charge in [0.25, 0.3) is 15.9 Å². The number of nitrogens with one attached hydrogen (secondary N) is 2. The van der Waals surface area contributed by atoms with E-state index in [-0.39, 0.29) is 21.4 Å². The third kappa shape index (κ3) is 6.10. The fourth-order valence-corrected chi connectivity index (χ4v) is 4.17. The van der Waals surface area contributed by atoms with Crippen molar-refractivity contribution in [1.82, 2.24) is 10.2 Å². The molecule has 1 amide bonds. The number of benzene rings is 2. The molecule has 0 spiro atoms. The first-order valence-corrected chi connectivity index (χ1v) is 10.9. The third-order valence-electron chi connectivity index (χ3n) is 3.97. The van der Waals surface area contributed by atoms with Gasteiger partial charge in [0, 0.05) is 17.1 Å². The van der Waals surface area contributed by atoms with Crippen molar-refractivity contribution in [2.24, 2.45) is 0 Å². The molecule has 152 valence electrons. The first-order valence-electron chi connectivity index (χ1n) is 8.61. The molecule has 9 heteroatoms. The number of hydrogen-bond acceptors (Lipinski definition) is 4. The number of sulfonamides is 1. The maximum atomic E-state index is 12.8. The van der Waals surface area contributed by atoms with E-state index >= 15 is 0 Å². The van der Waals surface area contributed by atoms with Gasteiger partial charge in [-0.2, -0.15) is 0 Å². The van der Waals surface area contributed by atoms with E-state index < -0.39 is 10.0 Å². The number of amides is 1. The topological polar surface area (TPSA) is 78.5 Å². The summed E-state index contributed by atoms with van der Waals surface area (Å²) in [7, 11) is -0.0917. The normalized spacial score (nSPS) is 11.5. The monoisotopic (exact) mass is 443 g/mol. The van der Waals surface area contributed by atoms with Gasteiger partial charge < -0.3 is 10.2 Å². The van der Waals surface area contributed by atoms with Gasteiger partial charge in [0.15, 0.2) is 0 Å². The second-order valence-electron chi connectivity index (χ2n) is 6.63. The number of nitrogens with zero attached hydrogens (tertiary/aromatic N) is 1. The average molecular weight is 444 g/mol. The van der Waals surface area contributed by atoms with E-state index in [1.807, 2.05) is 25.9 Å². The van der Waals surface area contributed by atoms with E-state index in [1.165, 1.54) is 24.3 Å². The quantitative estimate of drug-likeness (QED) is 0.608. The van der Waals surface area contributed by atoms with Crippen LogP contribution in [0.2, 0.25) is 10.0 Å². The highest BCUT2D eigenvalue weighted by Crippen LogP contribution is 2.27. The number of anilines is 1. The van der Waals surface area contributed by atoms with E-state index in [0.29, 0.717) is 17.3 Å². The molecular formula is C19H23Cl2N3O3S. The van der Waals surface area contributed by atoms with Crippen LogP contribution in [0.3, 0.4) is 0 Å². The molecule has 0 fully saturated rings. The zero-order chi connectivity index (χ0) is 20.9. The second kappa shape index (κ2) is 9.60. The standard InChI is InChI=1S/C19H23Cl2N3O3S/c1-13-5-7-15(12-17(13)21)23-28(26,27)18-11-14(6-8-16(18)20)19(25)22-9-4-10-24(2)3/h5-8,11-12,23H,4,9-10H2,1-3H3,(H,22,25). The molecule has 2 rings (SSSR count). The molecule has 6 nitrogen and oxygen atoms in total. The zero-order valence-electron chi connectivity index (χ0n) is 15.9. The summed E-state index contributed by atoms with van der Waals surface area (Å²) in [5, 5.41) is 3.24. The van der Waals surface area contributed by atoms with Crippen molar-refractivity contribution in [3.8, 4) is 0 Å². The third-order valence-corrected chi connectivity index (χ3v) is 6.24. The van der Waals surface area contributed by atoms with E-state index in [9.17, 15) is 13.2 Å². The van der Waals surface area contributed by atoms with Crippen molar-refractivity contribution in [3.63, 3.8) is 0 Å². The van der Waals surface area contributed by atoms with Crippen molar-refractivity contribution < 1.29 is 13.2 Å². The summed E-state index contributed by atoms with van der Waals surface area (Å²) in [4.78, 5) is 14.2. The van der Waals surface area contributed by atoms with Gasteiger partial charge in [0.05, 0.1) is 10.7 Å². The summed E-state index contributed by atoms with van der Waals surface area (Å²) in [5.41, 5.74) is 1.36. The van der Waals surface area contributed by atoms with Crippen molar-refractivity contribution in [2.75, 3.05) is 31.9 Å². The Morgan fingerprint density at radius 3 is 2.43 bits per heavy atom. The molecule has 0 aliphatic rings. The Morgan fingerprint density at radius 2 is 1.79 bits per heavy atom. The van der Waals surface area contributed by atoms with Gasteiger partial charge in [-0.25, -0.2) is 8.42 Å². The lowest BCUT2D eigenvalue weighted by molar-refractivity contribution is 0.0952. The highest BCUT2D eigenvalue weighted by molar-refractivity contribution is 7.92. The summed E-state index contributed by atoms with van der Waals surface area (Å²) < 4.78 is 27.9. The van der Waals surface area contributed by atoms with Crippen LogP contribution < -0.4 is 10.0 Å². The Hall–Kier alpha value is -1.80. The van der Waals surface area contributed by atoms with Crippen LogP contribution in [0.1, 0.15) is 22.3 Å². The fraction of sp³-hybridized carbons (Fsp3) is 0.316. The van der Waals surface area contributed by atoms with Gasteiger partial charge in [0.1, 0.15) is 4.90 Å². The Balaban J connectivity index is 2.18. The number of rotatable bonds is 8. The van der Waals surface area contributed by atoms with Crippen LogP contribution in [0.25, 0.3) is 0 Å². The number of carbonyl (C=O) groups excluding carboxylic acids is 1. The molecule has 2 N–H and O–H groups in total. The van der Waals surface area contributed by atoms with Crippen LogP contribution in [0.5, 0.6) is 0 Å². The van der Waals surface area contributed by atoms with Crippen LogP contribution in [-0.4, -0.2) is 46.4 Å². The maximum absolute atomic E-state index is 12.8. The highest BCUT2D eigenvalue weighted by atomic mass is 35.5. The second-order valence-corrected chi connectivity index (χ2v) is 9.09. The van der Waals surface area contributed by atoms with Gasteiger partial charge >= 0.3 is 0 Å². The first kappa shape index (κ1) is 22.5. The van der Waals surface area contributed by atoms with Gasteiger partial charge in [-0.15, -0.1) is 0 Å². The molecule has 0 atom stereocenters. The Kier molecular flexibility index (Phi) is 7.71. The molecule has 0 radical (unpaired) electrons. The van der Waals surface area contributed by atoms with Crippen LogP contribution in [0.15, 0.2) is 41.3 Å². The minimum Gasteiger partial charge on any atom is -0.352 e. The molecular weight excluding hydrogens is 421 g/mol. The Labute approximate surface area is 175 Å². The molecule has 0 saturated heterocycles. The highest BCUT2D eigenvalue weighted by Gasteiger charge is 2.20. The number of carbonyl (C=O) groups is 1. The smallest absolute Gasteiger partial charge is 0.263 e. The summed E-state index contributed by atoms with van der Waals surface area (Å²) in [5.74, 6) is -0.356. The van der Waals surface area contributed by atoms with Crippen LogP contribution >= 0.6 is 23.2 Å². The van der Waals surface area contributed by atoms with E-state index in [2.05, 4.69) is 10.0 Å². The lowest BCUT2D eigenvalue weighted by Crippen LogP contribution is -2.27. The van der Waals surface area contributed by atoms with Crippen molar-refractivity contribution in [1.29, 1.82) is 0 Å². The van der Waals surface area contributed by atoms with E-state index in [1.54, 1.807) is 12.1 Å². The van der Waals surface area contributed by atoms with E-state index in [0.717, 1.165) is 18.5 Å². The molecule has 0 unspecified atom stereocenters. The Morgan fingerprint density at radius 1 is 1.07 bits per heavy atom. The molecule has 0 heterocycles. The molecule has 28 heavy (non-hydrogen) atoms. The lowest BCUT2D eigenvalue weighted by Gasteiger charge is -2.13. The summed E-state index contributed by atoms with van der Waals surface area (Å²) in [6.07, 6.45) is 0.785. The van der Waals surface area contributed by atoms with Gasteiger partial charge in [-0.05, 0) is 69.9 Å². The predicted octanol–water partition coefficient (Wildman–Crippen LogP) is 3.78. The molecule has 2 aromatic carbocycles. The number of hydrogen-bond donors (Lipinski definition) is 2. The van der Waals surface area contributed by atoms with Gasteiger partial charge in [0.2, 0.25) is 0 Å². The largest absolute Gasteiger partial charge is 0.352 e. The molecule has 0 saturated carbocycles. The van der Waals surface area contributed by atoms with Gasteiger partial charge in [-0.3, -0.25) is 9.52 Å². The van der Waals surface area contributed by atoms with Crippen molar-refractivity contribution in [2.45, 2.75) is 18.2 Å². The number of aryl methyl sites for hydroxylation is 1. The van der Waals surface area contributed by atoms with E-state index in [4.69, 9.17) is 23.2 Å². The molecule has 0 aliphatic heterocycles. The molecule has 0 bridgehead atoms. The minimum absolute atomic E-state index is 0.0230. The van der Waals surface area contributed by atoms with Crippen LogP contribution in [0, 0.1) is 6.92 Å². The summed E-state index contributed by atoms with van der Waals surface area (Å²) >= 11 is 12.1. The van der Waals surface area contributed by atoms with Crippen molar-refractivity contribution >= 4 is 44.8 Å². The predicted molar refractivity (Wildman–Crippen MR) is 114 cm³/mol. The first-order chi connectivity index (χ1) is 13.1. The lowest BCUT2D eigenvalue weighted by atomic mass is 10.2. The maximum Gasteiger partial charge on any atom is 0.263 e. The van der Waals surface area contributed by atoms with Crippen molar-refractivity contribution in [3.05, 3.63) is 57.6 Å². The zero-order valence-corrected chi connectivity index (χ0v) is 18.2. The molecule has 2 aromatic rings. The fourth-order valence-electron chi connectivity index (χ4n) is 2.42. The molecule has 0 aromatic heterocycles. The van der Waals surface area contributed by atoms with Crippen LogP contribution in [-0.2, 0) is 10.0 Å². The number of halogens is 2. The van der Waals surface area contributed by atoms with Crippen LogP contribution in [0.4, 0.5) is 5.69 Å².